The summed E-state index contributed by atoms with van der Waals surface area (Å²) >= 11 is 11.9. The lowest BCUT2D eigenvalue weighted by Crippen LogP contribution is -2.43. The van der Waals surface area contributed by atoms with Gasteiger partial charge in [-0.05, 0) is 49.2 Å². The van der Waals surface area contributed by atoms with Crippen LogP contribution in [-0.2, 0) is 11.3 Å². The molecule has 0 bridgehead atoms. The van der Waals surface area contributed by atoms with Crippen LogP contribution in [0.25, 0.3) is 0 Å². The number of amides is 1. The van der Waals surface area contributed by atoms with E-state index in [4.69, 9.17) is 27.9 Å². The Morgan fingerprint density at radius 1 is 1.15 bits per heavy atom. The molecule has 138 valence electrons. The fraction of sp³-hybridized carbons (Fsp3) is 0.316. The molecule has 0 aliphatic carbocycles. The van der Waals surface area contributed by atoms with Crippen molar-refractivity contribution in [2.45, 2.75) is 25.6 Å². The first-order valence-electron chi connectivity index (χ1n) is 8.24. The monoisotopic (exact) mass is 399 g/mol. The Hall–Kier alpha value is -1.69. The first kappa shape index (κ1) is 19.1. The number of hydrogen-bond donors (Lipinski definition) is 0. The van der Waals surface area contributed by atoms with Gasteiger partial charge in [0.2, 0.25) is 0 Å². The van der Waals surface area contributed by atoms with Gasteiger partial charge in [0.1, 0.15) is 11.6 Å². The average molecular weight is 400 g/mol. The van der Waals surface area contributed by atoms with Crippen LogP contribution in [0.4, 0.5) is 8.78 Å². The summed E-state index contributed by atoms with van der Waals surface area (Å²) in [6.07, 6.45) is 1.28. The maximum atomic E-state index is 13.7. The van der Waals surface area contributed by atoms with E-state index >= 15 is 0 Å². The number of rotatable bonds is 4. The second-order valence-electron chi connectivity index (χ2n) is 6.19. The molecule has 1 atom stereocenters. The molecule has 3 rings (SSSR count). The predicted molar refractivity (Wildman–Crippen MR) is 96.5 cm³/mol. The summed E-state index contributed by atoms with van der Waals surface area (Å²) in [6.45, 7) is 0.951. The van der Waals surface area contributed by atoms with Crippen molar-refractivity contribution >= 4 is 29.1 Å². The van der Waals surface area contributed by atoms with E-state index in [0.29, 0.717) is 28.7 Å². The highest BCUT2D eigenvalue weighted by molar-refractivity contribution is 6.42. The lowest BCUT2D eigenvalue weighted by molar-refractivity contribution is -0.00769. The van der Waals surface area contributed by atoms with Crippen molar-refractivity contribution < 1.29 is 18.3 Å². The molecule has 2 aromatic carbocycles. The second kappa shape index (κ2) is 8.33. The molecule has 1 aliphatic heterocycles. The summed E-state index contributed by atoms with van der Waals surface area (Å²) in [5.74, 6) is -1.18. The Morgan fingerprint density at radius 3 is 2.73 bits per heavy atom. The zero-order valence-corrected chi connectivity index (χ0v) is 15.4. The number of carbonyl (C=O) groups is 1. The minimum absolute atomic E-state index is 0.0386. The van der Waals surface area contributed by atoms with E-state index in [1.165, 1.54) is 0 Å². The third-order valence-corrected chi connectivity index (χ3v) is 5.05. The van der Waals surface area contributed by atoms with E-state index in [1.54, 1.807) is 23.1 Å². The molecule has 0 unspecified atom stereocenters. The fourth-order valence-corrected chi connectivity index (χ4v) is 3.23. The van der Waals surface area contributed by atoms with Gasteiger partial charge in [-0.15, -0.1) is 0 Å². The molecule has 2 aromatic rings. The third kappa shape index (κ3) is 4.53. The number of piperidine rings is 1. The highest BCUT2D eigenvalue weighted by atomic mass is 35.5. The lowest BCUT2D eigenvalue weighted by Gasteiger charge is -2.33. The SMILES string of the molecule is O=C(c1ccc(Cl)c(Cl)c1)N1CCC[C@H](OCc2cc(F)ccc2F)C1. The molecule has 0 spiro atoms. The summed E-state index contributed by atoms with van der Waals surface area (Å²) in [5, 5.41) is 0.712. The first-order valence-corrected chi connectivity index (χ1v) is 8.99. The van der Waals surface area contributed by atoms with E-state index in [2.05, 4.69) is 0 Å². The van der Waals surface area contributed by atoms with Gasteiger partial charge in [-0.2, -0.15) is 0 Å². The number of halogens is 4. The molecule has 3 nitrogen and oxygen atoms in total. The number of ether oxygens (including phenoxy) is 1. The molecular formula is C19H17Cl2F2NO2. The zero-order chi connectivity index (χ0) is 18.7. The molecular weight excluding hydrogens is 383 g/mol. The zero-order valence-electron chi connectivity index (χ0n) is 13.9. The third-order valence-electron chi connectivity index (χ3n) is 4.31. The van der Waals surface area contributed by atoms with E-state index in [9.17, 15) is 13.6 Å². The number of benzene rings is 2. The van der Waals surface area contributed by atoms with Gasteiger partial charge in [0.25, 0.3) is 5.91 Å². The van der Waals surface area contributed by atoms with Crippen LogP contribution in [0.2, 0.25) is 10.0 Å². The standard InChI is InChI=1S/C19H17Cl2F2NO2/c20-16-5-3-12(9-17(16)21)19(25)24-7-1-2-15(10-24)26-11-13-8-14(22)4-6-18(13)23/h3-6,8-9,15H,1-2,7,10-11H2/t15-/m0/s1. The Kier molecular flexibility index (Phi) is 6.12. The maximum Gasteiger partial charge on any atom is 0.253 e. The lowest BCUT2D eigenvalue weighted by atomic mass is 10.1. The summed E-state index contributed by atoms with van der Waals surface area (Å²) < 4.78 is 32.6. The highest BCUT2D eigenvalue weighted by Crippen LogP contribution is 2.24. The van der Waals surface area contributed by atoms with E-state index in [0.717, 1.165) is 31.0 Å². The number of hydrogen-bond acceptors (Lipinski definition) is 2. The van der Waals surface area contributed by atoms with Crippen LogP contribution in [0.1, 0.15) is 28.8 Å². The van der Waals surface area contributed by atoms with Crippen LogP contribution in [0.15, 0.2) is 36.4 Å². The van der Waals surface area contributed by atoms with Gasteiger partial charge in [0, 0.05) is 24.2 Å². The van der Waals surface area contributed by atoms with Crippen LogP contribution >= 0.6 is 23.2 Å². The molecule has 26 heavy (non-hydrogen) atoms. The topological polar surface area (TPSA) is 29.5 Å². The summed E-state index contributed by atoms with van der Waals surface area (Å²) in [7, 11) is 0. The predicted octanol–water partition coefficient (Wildman–Crippen LogP) is 5.09. The first-order chi connectivity index (χ1) is 12.4. The highest BCUT2D eigenvalue weighted by Gasteiger charge is 2.25. The smallest absolute Gasteiger partial charge is 0.253 e. The van der Waals surface area contributed by atoms with Crippen LogP contribution in [0.3, 0.4) is 0 Å². The van der Waals surface area contributed by atoms with Crippen molar-refractivity contribution in [1.29, 1.82) is 0 Å². The van der Waals surface area contributed by atoms with Gasteiger partial charge in [0.15, 0.2) is 0 Å². The molecule has 0 N–H and O–H groups in total. The van der Waals surface area contributed by atoms with Gasteiger partial charge in [-0.1, -0.05) is 23.2 Å². The van der Waals surface area contributed by atoms with E-state index in [-0.39, 0.29) is 24.2 Å². The minimum atomic E-state index is -0.509. The van der Waals surface area contributed by atoms with E-state index in [1.807, 2.05) is 0 Å². The number of nitrogens with zero attached hydrogens (tertiary/aromatic N) is 1. The van der Waals surface area contributed by atoms with E-state index < -0.39 is 11.6 Å². The molecule has 1 heterocycles. The van der Waals surface area contributed by atoms with Crippen molar-refractivity contribution in [3.8, 4) is 0 Å². The molecule has 1 amide bonds. The Labute approximate surface area is 160 Å². The van der Waals surface area contributed by atoms with Crippen molar-refractivity contribution in [3.63, 3.8) is 0 Å². The summed E-state index contributed by atoms with van der Waals surface area (Å²) in [6, 6.07) is 8.02. The van der Waals surface area contributed by atoms with Gasteiger partial charge in [-0.25, -0.2) is 8.78 Å². The number of carbonyl (C=O) groups excluding carboxylic acids is 1. The van der Waals surface area contributed by atoms with Crippen molar-refractivity contribution in [1.82, 2.24) is 4.90 Å². The van der Waals surface area contributed by atoms with Crippen molar-refractivity contribution in [2.75, 3.05) is 13.1 Å². The molecule has 0 aromatic heterocycles. The van der Waals surface area contributed by atoms with Crippen molar-refractivity contribution in [3.05, 3.63) is 69.2 Å². The molecule has 0 saturated carbocycles. The second-order valence-corrected chi connectivity index (χ2v) is 7.01. The van der Waals surface area contributed by atoms with Gasteiger partial charge in [-0.3, -0.25) is 4.79 Å². The Morgan fingerprint density at radius 2 is 1.96 bits per heavy atom. The van der Waals surface area contributed by atoms with Gasteiger partial charge >= 0.3 is 0 Å². The molecule has 0 radical (unpaired) electrons. The average Bonchev–Trinajstić information content (AvgIpc) is 2.64. The maximum absolute atomic E-state index is 13.7. The van der Waals surface area contributed by atoms with Crippen LogP contribution in [-0.4, -0.2) is 30.0 Å². The summed E-state index contributed by atoms with van der Waals surface area (Å²) in [5.41, 5.74) is 0.620. The Bertz CT molecular complexity index is 816. The number of likely N-dealkylation sites (tertiary alicyclic amines) is 1. The molecule has 1 fully saturated rings. The van der Waals surface area contributed by atoms with Crippen LogP contribution < -0.4 is 0 Å². The fourth-order valence-electron chi connectivity index (χ4n) is 2.93. The van der Waals surface area contributed by atoms with Gasteiger partial charge in [0.05, 0.1) is 22.8 Å². The minimum Gasteiger partial charge on any atom is -0.372 e. The van der Waals surface area contributed by atoms with Crippen LogP contribution in [0.5, 0.6) is 0 Å². The largest absolute Gasteiger partial charge is 0.372 e. The summed E-state index contributed by atoms with van der Waals surface area (Å²) in [4.78, 5) is 14.3. The Balaban J connectivity index is 1.62. The van der Waals surface area contributed by atoms with Crippen LogP contribution in [0, 0.1) is 11.6 Å². The van der Waals surface area contributed by atoms with Gasteiger partial charge < -0.3 is 9.64 Å². The quantitative estimate of drug-likeness (QED) is 0.716. The normalized spacial score (nSPS) is 17.4. The van der Waals surface area contributed by atoms with Crippen molar-refractivity contribution in [2.24, 2.45) is 0 Å². The molecule has 1 saturated heterocycles. The molecule has 1 aliphatic rings. The molecule has 7 heteroatoms.